The van der Waals surface area contributed by atoms with Crippen LogP contribution in [0.25, 0.3) is 0 Å². The van der Waals surface area contributed by atoms with Gasteiger partial charge < -0.3 is 10.6 Å². The summed E-state index contributed by atoms with van der Waals surface area (Å²) >= 11 is 0. The summed E-state index contributed by atoms with van der Waals surface area (Å²) in [5.41, 5.74) is 2.48. The number of nitrogens with zero attached hydrogens (tertiary/aromatic N) is 2. The van der Waals surface area contributed by atoms with E-state index in [1.165, 1.54) is 12.1 Å². The second-order valence-corrected chi connectivity index (χ2v) is 4.27. The molecule has 0 atom stereocenters. The minimum atomic E-state index is -0.398. The van der Waals surface area contributed by atoms with E-state index in [1.54, 1.807) is 13.2 Å². The Morgan fingerprint density at radius 3 is 2.70 bits per heavy atom. The molecule has 6 heteroatoms. The van der Waals surface area contributed by atoms with Gasteiger partial charge in [-0.1, -0.05) is 6.07 Å². The number of benzene rings is 1. The van der Waals surface area contributed by atoms with E-state index >= 15 is 0 Å². The van der Waals surface area contributed by atoms with Crippen LogP contribution in [0.15, 0.2) is 42.6 Å². The third-order valence-electron chi connectivity index (χ3n) is 2.85. The molecule has 0 radical (unpaired) electrons. The van der Waals surface area contributed by atoms with Gasteiger partial charge in [-0.3, -0.25) is 15.1 Å². The lowest BCUT2D eigenvalue weighted by Crippen LogP contribution is -2.06. The summed E-state index contributed by atoms with van der Waals surface area (Å²) in [6, 6.07) is 10.6. The van der Waals surface area contributed by atoms with E-state index in [4.69, 9.17) is 0 Å². The van der Waals surface area contributed by atoms with Crippen LogP contribution in [0.1, 0.15) is 5.69 Å². The van der Waals surface area contributed by atoms with E-state index in [9.17, 15) is 10.1 Å². The molecule has 2 N–H and O–H groups in total. The maximum absolute atomic E-state index is 10.9. The lowest BCUT2D eigenvalue weighted by Gasteiger charge is -2.08. The van der Waals surface area contributed by atoms with Crippen molar-refractivity contribution in [2.75, 3.05) is 24.2 Å². The molecule has 104 valence electrons. The normalized spacial score (nSPS) is 10.1. The lowest BCUT2D eigenvalue weighted by molar-refractivity contribution is -0.384. The van der Waals surface area contributed by atoms with Crippen LogP contribution in [-0.2, 0) is 6.42 Å². The van der Waals surface area contributed by atoms with Crippen molar-refractivity contribution >= 4 is 17.1 Å². The van der Waals surface area contributed by atoms with Crippen molar-refractivity contribution in [1.29, 1.82) is 0 Å². The van der Waals surface area contributed by atoms with E-state index in [0.717, 1.165) is 17.8 Å². The fourth-order valence-corrected chi connectivity index (χ4v) is 1.84. The maximum Gasteiger partial charge on any atom is 0.273 e. The van der Waals surface area contributed by atoms with Gasteiger partial charge in [0.1, 0.15) is 0 Å². The summed E-state index contributed by atoms with van der Waals surface area (Å²) in [7, 11) is 1.73. The predicted molar refractivity (Wildman–Crippen MR) is 79.1 cm³/mol. The van der Waals surface area contributed by atoms with Crippen LogP contribution in [0.2, 0.25) is 0 Å². The molecule has 2 rings (SSSR count). The minimum Gasteiger partial charge on any atom is -0.388 e. The molecule has 0 aliphatic carbocycles. The Bertz CT molecular complexity index is 587. The highest BCUT2D eigenvalue weighted by atomic mass is 16.6. The molecular formula is C14H16N4O2. The standard InChI is InChI=1S/C14H16N4O2/c1-15-12-8-13(10-14(9-12)18(19)20)17-7-5-11-4-2-3-6-16-11/h2-4,6,8-10,15,17H,5,7H2,1H3. The summed E-state index contributed by atoms with van der Waals surface area (Å²) in [4.78, 5) is 14.7. The zero-order valence-corrected chi connectivity index (χ0v) is 11.2. The van der Waals surface area contributed by atoms with Gasteiger partial charge in [0.15, 0.2) is 0 Å². The van der Waals surface area contributed by atoms with Crippen LogP contribution >= 0.6 is 0 Å². The predicted octanol–water partition coefficient (Wildman–Crippen LogP) is 2.69. The molecule has 0 amide bonds. The number of nitrogens with one attached hydrogen (secondary N) is 2. The number of aromatic nitrogens is 1. The summed E-state index contributed by atoms with van der Waals surface area (Å²) < 4.78 is 0. The van der Waals surface area contributed by atoms with E-state index in [1.807, 2.05) is 24.3 Å². The third kappa shape index (κ3) is 3.68. The van der Waals surface area contributed by atoms with Gasteiger partial charge in [-0.15, -0.1) is 0 Å². The summed E-state index contributed by atoms with van der Waals surface area (Å²) in [5, 5.41) is 16.9. The molecule has 0 aliphatic rings. The lowest BCUT2D eigenvalue weighted by atomic mass is 10.2. The Morgan fingerprint density at radius 1 is 1.25 bits per heavy atom. The molecular weight excluding hydrogens is 256 g/mol. The van der Waals surface area contributed by atoms with Gasteiger partial charge in [-0.25, -0.2) is 0 Å². The summed E-state index contributed by atoms with van der Waals surface area (Å²) in [6.07, 6.45) is 2.51. The van der Waals surface area contributed by atoms with Gasteiger partial charge in [0.2, 0.25) is 0 Å². The van der Waals surface area contributed by atoms with Gasteiger partial charge in [-0.2, -0.15) is 0 Å². The van der Waals surface area contributed by atoms with Crippen LogP contribution in [0.4, 0.5) is 17.1 Å². The number of hydrogen-bond acceptors (Lipinski definition) is 5. The first-order valence-corrected chi connectivity index (χ1v) is 6.30. The Labute approximate surface area is 117 Å². The number of rotatable bonds is 6. The zero-order chi connectivity index (χ0) is 14.4. The van der Waals surface area contributed by atoms with E-state index in [0.29, 0.717) is 12.2 Å². The molecule has 1 heterocycles. The maximum atomic E-state index is 10.9. The Morgan fingerprint density at radius 2 is 2.05 bits per heavy atom. The highest BCUT2D eigenvalue weighted by Gasteiger charge is 2.08. The molecule has 2 aromatic rings. The summed E-state index contributed by atoms with van der Waals surface area (Å²) in [5.74, 6) is 0. The Balaban J connectivity index is 2.02. The van der Waals surface area contributed by atoms with Crippen molar-refractivity contribution in [3.8, 4) is 0 Å². The van der Waals surface area contributed by atoms with Crippen LogP contribution in [0.5, 0.6) is 0 Å². The van der Waals surface area contributed by atoms with Crippen molar-refractivity contribution < 1.29 is 4.92 Å². The van der Waals surface area contributed by atoms with Crippen molar-refractivity contribution in [2.45, 2.75) is 6.42 Å². The fourth-order valence-electron chi connectivity index (χ4n) is 1.84. The van der Waals surface area contributed by atoms with Gasteiger partial charge in [0, 0.05) is 55.4 Å². The molecule has 0 aliphatic heterocycles. The highest BCUT2D eigenvalue weighted by Crippen LogP contribution is 2.23. The highest BCUT2D eigenvalue weighted by molar-refractivity contribution is 5.63. The van der Waals surface area contributed by atoms with Crippen LogP contribution < -0.4 is 10.6 Å². The minimum absolute atomic E-state index is 0.0668. The van der Waals surface area contributed by atoms with Crippen LogP contribution in [-0.4, -0.2) is 23.5 Å². The molecule has 0 fully saturated rings. The molecule has 0 saturated heterocycles. The molecule has 6 nitrogen and oxygen atoms in total. The van der Waals surface area contributed by atoms with Gasteiger partial charge in [-0.05, 0) is 18.2 Å². The first kappa shape index (κ1) is 13.8. The van der Waals surface area contributed by atoms with E-state index in [2.05, 4.69) is 15.6 Å². The molecule has 0 saturated carbocycles. The number of nitro groups is 1. The van der Waals surface area contributed by atoms with Crippen molar-refractivity contribution in [3.05, 3.63) is 58.4 Å². The molecule has 1 aromatic carbocycles. The average molecular weight is 272 g/mol. The van der Waals surface area contributed by atoms with Crippen LogP contribution in [0.3, 0.4) is 0 Å². The number of non-ortho nitro benzene ring substituents is 1. The first-order valence-electron chi connectivity index (χ1n) is 6.30. The largest absolute Gasteiger partial charge is 0.388 e. The Hall–Kier alpha value is -2.63. The van der Waals surface area contributed by atoms with E-state index in [-0.39, 0.29) is 5.69 Å². The first-order chi connectivity index (χ1) is 9.69. The van der Waals surface area contributed by atoms with Gasteiger partial charge in [0.25, 0.3) is 5.69 Å². The number of pyridine rings is 1. The molecule has 1 aromatic heterocycles. The van der Waals surface area contributed by atoms with Crippen molar-refractivity contribution in [1.82, 2.24) is 4.98 Å². The smallest absolute Gasteiger partial charge is 0.273 e. The second-order valence-electron chi connectivity index (χ2n) is 4.27. The van der Waals surface area contributed by atoms with Crippen molar-refractivity contribution in [2.24, 2.45) is 0 Å². The second kappa shape index (κ2) is 6.51. The van der Waals surface area contributed by atoms with Gasteiger partial charge >= 0.3 is 0 Å². The zero-order valence-electron chi connectivity index (χ0n) is 11.2. The molecule has 0 bridgehead atoms. The molecule has 20 heavy (non-hydrogen) atoms. The molecule has 0 spiro atoms. The number of anilines is 2. The quantitative estimate of drug-likeness (QED) is 0.624. The van der Waals surface area contributed by atoms with Crippen molar-refractivity contribution in [3.63, 3.8) is 0 Å². The average Bonchev–Trinajstić information content (AvgIpc) is 2.48. The van der Waals surface area contributed by atoms with E-state index < -0.39 is 4.92 Å². The topological polar surface area (TPSA) is 80.1 Å². The Kier molecular flexibility index (Phi) is 4.49. The third-order valence-corrected chi connectivity index (χ3v) is 2.85. The number of hydrogen-bond donors (Lipinski definition) is 2. The monoisotopic (exact) mass is 272 g/mol. The fraction of sp³-hybridized carbons (Fsp3) is 0.214. The molecule has 0 unspecified atom stereocenters. The number of nitro benzene ring substituents is 1. The summed E-state index contributed by atoms with van der Waals surface area (Å²) in [6.45, 7) is 0.668. The van der Waals surface area contributed by atoms with Crippen LogP contribution in [0, 0.1) is 10.1 Å². The SMILES string of the molecule is CNc1cc(NCCc2ccccn2)cc([N+](=O)[O-])c1. The van der Waals surface area contributed by atoms with Gasteiger partial charge in [0.05, 0.1) is 4.92 Å².